The van der Waals surface area contributed by atoms with Crippen LogP contribution in [0.1, 0.15) is 6.92 Å². The fourth-order valence-corrected chi connectivity index (χ4v) is 2.89. The molecule has 1 fully saturated rings. The van der Waals surface area contributed by atoms with Gasteiger partial charge in [-0.1, -0.05) is 28.9 Å². The third-order valence-corrected chi connectivity index (χ3v) is 4.26. The lowest BCUT2D eigenvalue weighted by molar-refractivity contribution is 0.270. The predicted molar refractivity (Wildman–Crippen MR) is 91.6 cm³/mol. The van der Waals surface area contributed by atoms with Gasteiger partial charge in [0.25, 0.3) is 0 Å². The van der Waals surface area contributed by atoms with Gasteiger partial charge in [0.2, 0.25) is 5.95 Å². The van der Waals surface area contributed by atoms with Crippen molar-refractivity contribution < 1.29 is 0 Å². The quantitative estimate of drug-likeness (QED) is 0.901. The first-order chi connectivity index (χ1) is 10.7. The lowest BCUT2D eigenvalue weighted by Gasteiger charge is -2.34. The Morgan fingerprint density at radius 2 is 2.05 bits per heavy atom. The molecular weight excluding hydrogens is 344 g/mol. The summed E-state index contributed by atoms with van der Waals surface area (Å²) in [6.45, 7) is 7.38. The monoisotopic (exact) mass is 362 g/mol. The van der Waals surface area contributed by atoms with E-state index in [1.807, 2.05) is 24.3 Å². The smallest absolute Gasteiger partial charge is 0.249 e. The van der Waals surface area contributed by atoms with Gasteiger partial charge in [0.15, 0.2) is 5.82 Å². The summed E-state index contributed by atoms with van der Waals surface area (Å²) in [5, 5.41) is 11.3. The van der Waals surface area contributed by atoms with Crippen molar-refractivity contribution in [3.8, 4) is 0 Å². The molecule has 116 valence electrons. The molecule has 0 aliphatic carbocycles. The van der Waals surface area contributed by atoms with Gasteiger partial charge in [0, 0.05) is 36.3 Å². The Labute approximate surface area is 138 Å². The highest BCUT2D eigenvalue weighted by Gasteiger charge is 2.17. The highest BCUT2D eigenvalue weighted by molar-refractivity contribution is 9.10. The average Bonchev–Trinajstić information content (AvgIpc) is 2.55. The van der Waals surface area contributed by atoms with Crippen LogP contribution >= 0.6 is 15.9 Å². The number of nitrogens with one attached hydrogen (secondary N) is 1. The third kappa shape index (κ3) is 3.72. The van der Waals surface area contributed by atoms with Crippen molar-refractivity contribution in [1.82, 2.24) is 20.1 Å². The molecule has 2 aromatic rings. The van der Waals surface area contributed by atoms with Gasteiger partial charge in [0.05, 0.1) is 6.20 Å². The summed E-state index contributed by atoms with van der Waals surface area (Å²) in [5.74, 6) is 1.40. The molecule has 0 amide bonds. The molecule has 0 unspecified atom stereocenters. The summed E-state index contributed by atoms with van der Waals surface area (Å²) in [4.78, 5) is 9.27. The van der Waals surface area contributed by atoms with E-state index < -0.39 is 0 Å². The van der Waals surface area contributed by atoms with Gasteiger partial charge in [0.1, 0.15) is 0 Å². The summed E-state index contributed by atoms with van der Waals surface area (Å²) < 4.78 is 1.01. The van der Waals surface area contributed by atoms with Gasteiger partial charge >= 0.3 is 0 Å². The van der Waals surface area contributed by atoms with Crippen LogP contribution in [0.2, 0.25) is 0 Å². The Kier molecular flexibility index (Phi) is 4.84. The van der Waals surface area contributed by atoms with Crippen LogP contribution in [0.25, 0.3) is 0 Å². The Morgan fingerprint density at radius 1 is 1.23 bits per heavy atom. The number of hydrogen-bond donors (Lipinski definition) is 1. The first kappa shape index (κ1) is 15.2. The SMILES string of the molecule is CCN1CCN(c2cnnc(Nc3cccc(Br)c3)n2)CC1. The van der Waals surface area contributed by atoms with Gasteiger partial charge in [-0.3, -0.25) is 0 Å². The number of benzene rings is 1. The molecule has 6 nitrogen and oxygen atoms in total. The van der Waals surface area contributed by atoms with Crippen LogP contribution in [-0.2, 0) is 0 Å². The van der Waals surface area contributed by atoms with E-state index in [9.17, 15) is 0 Å². The number of anilines is 3. The number of rotatable bonds is 4. The molecule has 0 saturated carbocycles. The lowest BCUT2D eigenvalue weighted by atomic mass is 10.3. The molecule has 1 aliphatic rings. The minimum Gasteiger partial charge on any atom is -0.353 e. The zero-order valence-corrected chi connectivity index (χ0v) is 14.1. The van der Waals surface area contributed by atoms with Gasteiger partial charge in [-0.05, 0) is 24.7 Å². The highest BCUT2D eigenvalue weighted by Crippen LogP contribution is 2.19. The fourth-order valence-electron chi connectivity index (χ4n) is 2.49. The first-order valence-corrected chi connectivity index (χ1v) is 8.23. The standard InChI is InChI=1S/C15H19BrN6/c1-2-21-6-8-22(9-7-21)14-11-17-20-15(19-14)18-13-5-3-4-12(16)10-13/h3-5,10-11H,2,6-9H2,1H3,(H,18,19,20). The molecule has 7 heteroatoms. The maximum absolute atomic E-state index is 4.58. The van der Waals surface area contributed by atoms with Gasteiger partial charge in [-0.15, -0.1) is 5.10 Å². The minimum absolute atomic E-state index is 0.522. The maximum atomic E-state index is 4.58. The maximum Gasteiger partial charge on any atom is 0.249 e. The molecule has 2 heterocycles. The van der Waals surface area contributed by atoms with Crippen LogP contribution < -0.4 is 10.2 Å². The molecule has 22 heavy (non-hydrogen) atoms. The molecule has 1 aromatic heterocycles. The van der Waals surface area contributed by atoms with E-state index in [0.29, 0.717) is 5.95 Å². The zero-order valence-electron chi connectivity index (χ0n) is 12.5. The van der Waals surface area contributed by atoms with E-state index in [1.54, 1.807) is 6.20 Å². The largest absolute Gasteiger partial charge is 0.353 e. The van der Waals surface area contributed by atoms with Crippen molar-refractivity contribution in [2.75, 3.05) is 42.9 Å². The Hall–Kier alpha value is -1.73. The molecule has 1 aliphatic heterocycles. The third-order valence-electron chi connectivity index (χ3n) is 3.77. The highest BCUT2D eigenvalue weighted by atomic mass is 79.9. The van der Waals surface area contributed by atoms with Crippen molar-refractivity contribution >= 4 is 33.4 Å². The summed E-state index contributed by atoms with van der Waals surface area (Å²) in [6, 6.07) is 7.90. The molecule has 0 atom stereocenters. The normalized spacial score (nSPS) is 15.8. The number of halogens is 1. The number of hydrogen-bond acceptors (Lipinski definition) is 6. The number of nitrogens with zero attached hydrogens (tertiary/aromatic N) is 5. The van der Waals surface area contributed by atoms with Crippen LogP contribution in [0.5, 0.6) is 0 Å². The van der Waals surface area contributed by atoms with Crippen LogP contribution in [0, 0.1) is 0 Å². The molecular formula is C15H19BrN6. The van der Waals surface area contributed by atoms with E-state index in [-0.39, 0.29) is 0 Å². The van der Waals surface area contributed by atoms with E-state index in [0.717, 1.165) is 48.7 Å². The van der Waals surface area contributed by atoms with Crippen molar-refractivity contribution in [2.45, 2.75) is 6.92 Å². The molecule has 1 aromatic carbocycles. The van der Waals surface area contributed by atoms with Crippen molar-refractivity contribution in [3.05, 3.63) is 34.9 Å². The number of likely N-dealkylation sites (N-methyl/N-ethyl adjacent to an activating group) is 1. The van der Waals surface area contributed by atoms with E-state index >= 15 is 0 Å². The number of piperazine rings is 1. The predicted octanol–water partition coefficient (Wildman–Crippen LogP) is 2.52. The summed E-state index contributed by atoms with van der Waals surface area (Å²) in [6.07, 6.45) is 1.73. The second-order valence-electron chi connectivity index (χ2n) is 5.19. The number of aromatic nitrogens is 3. The minimum atomic E-state index is 0.522. The molecule has 0 radical (unpaired) electrons. The topological polar surface area (TPSA) is 57.2 Å². The van der Waals surface area contributed by atoms with Crippen LogP contribution in [0.4, 0.5) is 17.5 Å². The first-order valence-electron chi connectivity index (χ1n) is 7.44. The zero-order chi connectivity index (χ0) is 15.4. The second kappa shape index (κ2) is 7.02. The second-order valence-corrected chi connectivity index (χ2v) is 6.11. The van der Waals surface area contributed by atoms with Crippen LogP contribution in [0.15, 0.2) is 34.9 Å². The fraction of sp³-hybridized carbons (Fsp3) is 0.400. The van der Waals surface area contributed by atoms with Gasteiger partial charge < -0.3 is 15.1 Å². The molecule has 1 saturated heterocycles. The molecule has 1 N–H and O–H groups in total. The van der Waals surface area contributed by atoms with Crippen molar-refractivity contribution in [3.63, 3.8) is 0 Å². The Bertz CT molecular complexity index is 627. The Morgan fingerprint density at radius 3 is 2.77 bits per heavy atom. The van der Waals surface area contributed by atoms with Crippen LogP contribution in [0.3, 0.4) is 0 Å². The van der Waals surface area contributed by atoms with E-state index in [4.69, 9.17) is 0 Å². The summed E-state index contributed by atoms with van der Waals surface area (Å²) in [7, 11) is 0. The average molecular weight is 363 g/mol. The van der Waals surface area contributed by atoms with E-state index in [2.05, 4.69) is 53.2 Å². The summed E-state index contributed by atoms with van der Waals surface area (Å²) >= 11 is 3.46. The van der Waals surface area contributed by atoms with Gasteiger partial charge in [-0.2, -0.15) is 10.1 Å². The lowest BCUT2D eigenvalue weighted by Crippen LogP contribution is -2.46. The molecule has 0 spiro atoms. The van der Waals surface area contributed by atoms with Gasteiger partial charge in [-0.25, -0.2) is 0 Å². The van der Waals surface area contributed by atoms with Crippen molar-refractivity contribution in [1.29, 1.82) is 0 Å². The molecule has 0 bridgehead atoms. The Balaban J connectivity index is 1.70. The summed E-state index contributed by atoms with van der Waals surface area (Å²) in [5.41, 5.74) is 0.934. The van der Waals surface area contributed by atoms with E-state index in [1.165, 1.54) is 0 Å². The van der Waals surface area contributed by atoms with Crippen LogP contribution in [-0.4, -0.2) is 52.8 Å². The van der Waals surface area contributed by atoms with Crippen molar-refractivity contribution in [2.24, 2.45) is 0 Å². The molecule has 3 rings (SSSR count).